The molecule has 0 saturated heterocycles. The van der Waals surface area contributed by atoms with Crippen LogP contribution in [0.3, 0.4) is 0 Å². The van der Waals surface area contributed by atoms with Crippen molar-refractivity contribution in [1.82, 2.24) is 0 Å². The fourth-order valence-corrected chi connectivity index (χ4v) is 0. The molecule has 3 N–H and O–H groups in total. The second-order valence-corrected chi connectivity index (χ2v) is 3.04. The molecule has 12 heteroatoms. The number of rotatable bonds is 0. The molecular weight excluding hydrogens is 267 g/mol. The Morgan fingerprint density at radius 2 is 0.917 bits per heavy atom. The van der Waals surface area contributed by atoms with E-state index in [1.54, 1.807) is 0 Å². The molecule has 0 unspecified atom stereocenters. The molecule has 64 valence electrons. The van der Waals surface area contributed by atoms with Gasteiger partial charge in [-0.15, -0.1) is 0 Å². The van der Waals surface area contributed by atoms with E-state index in [-0.39, 0.29) is 75.5 Å². The van der Waals surface area contributed by atoms with Gasteiger partial charge in [0.15, 0.2) is 0 Å². The van der Waals surface area contributed by atoms with Gasteiger partial charge in [-0.05, 0) is 0 Å². The number of hydrogen-bond acceptors (Lipinski definition) is 5. The molecule has 0 atom stereocenters. The third-order valence-electron chi connectivity index (χ3n) is 0. The van der Waals surface area contributed by atoms with E-state index in [1.807, 2.05) is 0 Å². The minimum atomic E-state index is -5.61. The zero-order valence-electron chi connectivity index (χ0n) is 5.74. The average molecular weight is 270 g/mol. The van der Waals surface area contributed by atoms with Crippen molar-refractivity contribution in [2.75, 3.05) is 0 Å². The quantitative estimate of drug-likeness (QED) is 0.288. The summed E-state index contributed by atoms with van der Waals surface area (Å²) in [4.78, 5) is 55.9. The molecule has 0 heterocycles. The molecule has 0 aliphatic rings. The van der Waals surface area contributed by atoms with Gasteiger partial charge in [0.1, 0.15) is 0 Å². The van der Waals surface area contributed by atoms with Crippen LogP contribution in [0.5, 0.6) is 0 Å². The van der Waals surface area contributed by atoms with Crippen molar-refractivity contribution in [2.24, 2.45) is 0 Å². The molecule has 0 aliphatic carbocycles. The van der Waals surface area contributed by atoms with Crippen molar-refractivity contribution >= 4 is 92.3 Å². The van der Waals surface area contributed by atoms with E-state index in [0.29, 0.717) is 0 Å². The maximum atomic E-state index is 8.88. The van der Waals surface area contributed by atoms with Crippen LogP contribution in [0.1, 0.15) is 0 Å². The van der Waals surface area contributed by atoms with Gasteiger partial charge in [0.25, 0.3) is 0 Å². The van der Waals surface area contributed by atoms with Crippen molar-refractivity contribution in [3.8, 4) is 0 Å². The van der Waals surface area contributed by atoms with Gasteiger partial charge >= 0.3 is 83.3 Å². The maximum absolute atomic E-state index is 8.88. The largest absolute Gasteiger partial charge is 2.00 e. The molecule has 0 saturated carbocycles. The van der Waals surface area contributed by atoms with Crippen molar-refractivity contribution in [1.29, 1.82) is 0 Å². The van der Waals surface area contributed by atoms with Crippen LogP contribution in [-0.2, 0) is 4.57 Å². The van der Waals surface area contributed by atoms with Crippen molar-refractivity contribution in [2.45, 2.75) is 0 Å². The third kappa shape index (κ3) is 240. The van der Waals surface area contributed by atoms with Gasteiger partial charge < -0.3 is 42.9 Å². The van der Waals surface area contributed by atoms with Gasteiger partial charge in [0.2, 0.25) is 0 Å². The third-order valence-corrected chi connectivity index (χ3v) is 0. The molecule has 0 rings (SSSR count). The molecule has 0 bridgehead atoms. The minimum absolute atomic E-state index is 0. The summed E-state index contributed by atoms with van der Waals surface area (Å²) in [6, 6.07) is 0. The Labute approximate surface area is 129 Å². The smallest absolute Gasteiger partial charge is 0.894 e. The van der Waals surface area contributed by atoms with Crippen molar-refractivity contribution in [3.05, 3.63) is 0 Å². The zero-order valence-corrected chi connectivity index (χ0v) is 12.1. The minimum Gasteiger partial charge on any atom is -0.894 e. The van der Waals surface area contributed by atoms with Crippen LogP contribution in [0, 0.1) is 0 Å². The van der Waals surface area contributed by atoms with E-state index in [0.717, 1.165) is 0 Å². The van der Waals surface area contributed by atoms with E-state index in [4.69, 9.17) is 38.4 Å². The summed E-state index contributed by atoms with van der Waals surface area (Å²) in [5.41, 5.74) is 0. The SMILES string of the molecule is O=P(O)(O)O.[Ca+2].[Ca+2].[O-][Si]([O-])([O-])[O-]. The monoisotopic (exact) mass is 270 g/mol. The van der Waals surface area contributed by atoms with Gasteiger partial charge in [-0.1, -0.05) is 0 Å². The Morgan fingerprint density at radius 1 is 0.917 bits per heavy atom. The van der Waals surface area contributed by atoms with Crippen LogP contribution < -0.4 is 19.2 Å². The fourth-order valence-electron chi connectivity index (χ4n) is 0. The Bertz CT molecular complexity index is 109. The first-order valence-electron chi connectivity index (χ1n) is 1.60. The van der Waals surface area contributed by atoms with Gasteiger partial charge in [-0.25, -0.2) is 4.57 Å². The van der Waals surface area contributed by atoms with Crippen LogP contribution >= 0.6 is 7.82 Å². The molecule has 0 radical (unpaired) electrons. The summed E-state index contributed by atoms with van der Waals surface area (Å²) in [5.74, 6) is 0. The number of hydrogen-bond donors (Lipinski definition) is 3. The van der Waals surface area contributed by atoms with E-state index >= 15 is 0 Å². The molecule has 0 fully saturated rings. The predicted molar refractivity (Wildman–Crippen MR) is 31.5 cm³/mol. The first-order valence-corrected chi connectivity index (χ1v) is 4.80. The van der Waals surface area contributed by atoms with Gasteiger partial charge in [0.05, 0.1) is 0 Å². The summed E-state index contributed by atoms with van der Waals surface area (Å²) in [6.45, 7) is 0. The fraction of sp³-hybridized carbons (Fsp3) is 0. The van der Waals surface area contributed by atoms with Crippen LogP contribution in [0.2, 0.25) is 0 Å². The molecule has 0 aromatic heterocycles. The first-order chi connectivity index (χ1) is 4.00. The molecule has 0 spiro atoms. The van der Waals surface area contributed by atoms with Crippen molar-refractivity contribution < 1.29 is 38.4 Å². The summed E-state index contributed by atoms with van der Waals surface area (Å²) in [5, 5.41) is 0. The Balaban J connectivity index is -0.0000000457. The zero-order chi connectivity index (χ0) is 9.00. The van der Waals surface area contributed by atoms with E-state index < -0.39 is 16.9 Å². The molecule has 0 aliphatic heterocycles. The molecule has 0 aromatic carbocycles. The van der Waals surface area contributed by atoms with E-state index in [1.165, 1.54) is 0 Å². The summed E-state index contributed by atoms with van der Waals surface area (Å²) in [6.07, 6.45) is 0. The Hall–Kier alpha value is 2.69. The molecule has 8 nitrogen and oxygen atoms in total. The second-order valence-electron chi connectivity index (χ2n) is 1.01. The second kappa shape index (κ2) is 10.2. The van der Waals surface area contributed by atoms with Crippen LogP contribution in [0.25, 0.3) is 0 Å². The van der Waals surface area contributed by atoms with Gasteiger partial charge in [-0.3, -0.25) is 0 Å². The average Bonchev–Trinajstić information content (AvgIpc) is 1.12. The van der Waals surface area contributed by atoms with Crippen molar-refractivity contribution in [3.63, 3.8) is 0 Å². The van der Waals surface area contributed by atoms with Crippen LogP contribution in [-0.4, -0.2) is 99.2 Å². The Morgan fingerprint density at radius 3 is 0.917 bits per heavy atom. The predicted octanol–water partition coefficient (Wildman–Crippen LogP) is -6.83. The van der Waals surface area contributed by atoms with Gasteiger partial charge in [-0.2, -0.15) is 0 Å². The topological polar surface area (TPSA) is 170 Å². The standard InChI is InChI=1S/2Ca.H3O4P.O4Si/c;;2*1-5(2,3)4/h;;(H3,1,2,3,4);/q2*+2;;-4. The maximum Gasteiger partial charge on any atom is 2.00 e. The summed E-state index contributed by atoms with van der Waals surface area (Å²) < 4.78 is 8.88. The molecule has 0 aromatic rings. The van der Waals surface area contributed by atoms with E-state index in [2.05, 4.69) is 0 Å². The van der Waals surface area contributed by atoms with E-state index in [9.17, 15) is 0 Å². The normalized spacial score (nSPS) is 9.92. The number of phosphoric acid groups is 1. The molecule has 12 heavy (non-hydrogen) atoms. The van der Waals surface area contributed by atoms with Gasteiger partial charge in [0, 0.05) is 0 Å². The molecule has 0 amide bonds. The molecular formula is H3Ca2O8PSi. The van der Waals surface area contributed by atoms with Crippen LogP contribution in [0.15, 0.2) is 0 Å². The summed E-state index contributed by atoms with van der Waals surface area (Å²) >= 11 is 0. The Kier molecular flexibility index (Phi) is 20.5. The summed E-state index contributed by atoms with van der Waals surface area (Å²) in [7, 11) is -10.2. The van der Waals surface area contributed by atoms with Crippen LogP contribution in [0.4, 0.5) is 0 Å². The first kappa shape index (κ1) is 24.1.